The van der Waals surface area contributed by atoms with Crippen LogP contribution in [0.2, 0.25) is 0 Å². The van der Waals surface area contributed by atoms with Gasteiger partial charge in [0.1, 0.15) is 0 Å². The fourth-order valence-electron chi connectivity index (χ4n) is 1.40. The molecule has 0 aromatic carbocycles. The molecule has 1 aliphatic carbocycles. The van der Waals surface area contributed by atoms with Gasteiger partial charge in [-0.2, -0.15) is 0 Å². The van der Waals surface area contributed by atoms with Crippen molar-refractivity contribution in [3.05, 3.63) is 11.8 Å². The van der Waals surface area contributed by atoms with Gasteiger partial charge in [0.2, 0.25) is 0 Å². The van der Waals surface area contributed by atoms with Crippen molar-refractivity contribution >= 4 is 5.97 Å². The second kappa shape index (κ2) is 3.42. The van der Waals surface area contributed by atoms with Crippen LogP contribution in [0.15, 0.2) is 11.8 Å². The van der Waals surface area contributed by atoms with E-state index in [1.165, 1.54) is 5.57 Å². The van der Waals surface area contributed by atoms with E-state index in [2.05, 4.69) is 0 Å². The highest BCUT2D eigenvalue weighted by molar-refractivity contribution is 5.70. The summed E-state index contributed by atoms with van der Waals surface area (Å²) >= 11 is 0. The zero-order valence-corrected chi connectivity index (χ0v) is 6.42. The van der Waals surface area contributed by atoms with Crippen LogP contribution in [-0.4, -0.2) is 11.1 Å². The van der Waals surface area contributed by atoms with Gasteiger partial charge in [0.15, 0.2) is 0 Å². The number of carbonyl (C=O) groups is 1. The van der Waals surface area contributed by atoms with Gasteiger partial charge in [0.05, 0.1) is 5.92 Å². The first kappa shape index (κ1) is 8.11. The van der Waals surface area contributed by atoms with Crippen molar-refractivity contribution in [2.24, 2.45) is 11.7 Å². The molecule has 0 amide bonds. The number of hydrogen-bond acceptors (Lipinski definition) is 2. The number of allylic oxidation sites excluding steroid dienone is 1. The molecular formula is C8H13NO2. The van der Waals surface area contributed by atoms with Gasteiger partial charge >= 0.3 is 5.97 Å². The Morgan fingerprint density at radius 3 is 2.45 bits per heavy atom. The normalized spacial score (nSPS) is 24.7. The van der Waals surface area contributed by atoms with Crippen molar-refractivity contribution in [3.63, 3.8) is 0 Å². The second-order valence-electron chi connectivity index (χ2n) is 2.94. The maximum atomic E-state index is 10.5. The minimum Gasteiger partial charge on any atom is -0.481 e. The molecular weight excluding hydrogens is 142 g/mol. The Morgan fingerprint density at radius 1 is 1.55 bits per heavy atom. The van der Waals surface area contributed by atoms with Crippen LogP contribution in [0.25, 0.3) is 0 Å². The maximum absolute atomic E-state index is 10.5. The maximum Gasteiger partial charge on any atom is 0.306 e. The van der Waals surface area contributed by atoms with Crippen LogP contribution in [0.5, 0.6) is 0 Å². The molecule has 0 aliphatic heterocycles. The van der Waals surface area contributed by atoms with Crippen LogP contribution in [0, 0.1) is 5.92 Å². The summed E-state index contributed by atoms with van der Waals surface area (Å²) in [6.45, 7) is 0. The van der Waals surface area contributed by atoms with E-state index >= 15 is 0 Å². The van der Waals surface area contributed by atoms with Gasteiger partial charge in [-0.05, 0) is 31.9 Å². The van der Waals surface area contributed by atoms with Gasteiger partial charge in [-0.15, -0.1) is 0 Å². The second-order valence-corrected chi connectivity index (χ2v) is 2.94. The molecule has 0 radical (unpaired) electrons. The van der Waals surface area contributed by atoms with Crippen molar-refractivity contribution in [2.45, 2.75) is 25.7 Å². The Bertz CT molecular complexity index is 177. The smallest absolute Gasteiger partial charge is 0.306 e. The average Bonchev–Trinajstić information content (AvgIpc) is 2.05. The molecule has 62 valence electrons. The Hall–Kier alpha value is -0.990. The average molecular weight is 155 g/mol. The topological polar surface area (TPSA) is 63.3 Å². The number of carboxylic acids is 1. The summed E-state index contributed by atoms with van der Waals surface area (Å²) in [4.78, 5) is 10.5. The molecule has 1 rings (SSSR count). The zero-order valence-electron chi connectivity index (χ0n) is 6.42. The van der Waals surface area contributed by atoms with Gasteiger partial charge in [0.25, 0.3) is 0 Å². The lowest BCUT2D eigenvalue weighted by atomic mass is 9.86. The molecule has 0 atom stereocenters. The monoisotopic (exact) mass is 155 g/mol. The first-order valence-corrected chi connectivity index (χ1v) is 3.86. The molecule has 0 aromatic rings. The molecule has 3 N–H and O–H groups in total. The van der Waals surface area contributed by atoms with E-state index in [9.17, 15) is 4.79 Å². The van der Waals surface area contributed by atoms with Crippen molar-refractivity contribution in [2.75, 3.05) is 0 Å². The molecule has 1 aliphatic rings. The van der Waals surface area contributed by atoms with Crippen LogP contribution in [0.4, 0.5) is 0 Å². The number of carboxylic acid groups (broad SMARTS) is 1. The number of rotatable bonds is 1. The van der Waals surface area contributed by atoms with Gasteiger partial charge < -0.3 is 10.8 Å². The van der Waals surface area contributed by atoms with Gasteiger partial charge in [-0.1, -0.05) is 5.57 Å². The zero-order chi connectivity index (χ0) is 8.27. The Morgan fingerprint density at radius 2 is 2.09 bits per heavy atom. The predicted octanol–water partition coefficient (Wildman–Crippen LogP) is 1.10. The molecule has 1 saturated carbocycles. The lowest BCUT2D eigenvalue weighted by Gasteiger charge is -2.19. The first-order valence-electron chi connectivity index (χ1n) is 3.86. The minimum atomic E-state index is -0.666. The van der Waals surface area contributed by atoms with Crippen LogP contribution >= 0.6 is 0 Å². The largest absolute Gasteiger partial charge is 0.481 e. The van der Waals surface area contributed by atoms with E-state index in [1.807, 2.05) is 0 Å². The highest BCUT2D eigenvalue weighted by atomic mass is 16.4. The summed E-state index contributed by atoms with van der Waals surface area (Å²) < 4.78 is 0. The van der Waals surface area contributed by atoms with Crippen molar-refractivity contribution < 1.29 is 9.90 Å². The third-order valence-corrected chi connectivity index (χ3v) is 2.21. The van der Waals surface area contributed by atoms with E-state index in [0.29, 0.717) is 0 Å². The highest BCUT2D eigenvalue weighted by Gasteiger charge is 2.21. The predicted molar refractivity (Wildman–Crippen MR) is 41.9 cm³/mol. The fraction of sp³-hybridized carbons (Fsp3) is 0.625. The van der Waals surface area contributed by atoms with Gasteiger partial charge in [0, 0.05) is 0 Å². The molecule has 1 fully saturated rings. The van der Waals surface area contributed by atoms with E-state index in [4.69, 9.17) is 10.8 Å². The number of hydrogen-bond donors (Lipinski definition) is 2. The van der Waals surface area contributed by atoms with Crippen LogP contribution in [-0.2, 0) is 4.79 Å². The van der Waals surface area contributed by atoms with Crippen molar-refractivity contribution in [1.82, 2.24) is 0 Å². The number of aliphatic carboxylic acids is 1. The van der Waals surface area contributed by atoms with E-state index < -0.39 is 5.97 Å². The molecule has 0 aromatic heterocycles. The molecule has 3 heteroatoms. The summed E-state index contributed by atoms with van der Waals surface area (Å²) in [5, 5.41) is 8.65. The van der Waals surface area contributed by atoms with Gasteiger partial charge in [-0.25, -0.2) is 0 Å². The van der Waals surface area contributed by atoms with Crippen LogP contribution < -0.4 is 5.73 Å². The molecule has 0 bridgehead atoms. The first-order chi connectivity index (χ1) is 5.24. The molecule has 0 saturated heterocycles. The van der Waals surface area contributed by atoms with Crippen molar-refractivity contribution in [1.29, 1.82) is 0 Å². The van der Waals surface area contributed by atoms with Crippen LogP contribution in [0.3, 0.4) is 0 Å². The summed E-state index contributed by atoms with van der Waals surface area (Å²) in [7, 11) is 0. The minimum absolute atomic E-state index is 0.140. The molecule has 0 spiro atoms. The molecule has 0 unspecified atom stereocenters. The van der Waals surface area contributed by atoms with E-state index in [-0.39, 0.29) is 5.92 Å². The lowest BCUT2D eigenvalue weighted by molar-refractivity contribution is -0.142. The summed E-state index contributed by atoms with van der Waals surface area (Å²) in [6.07, 6.45) is 4.82. The molecule has 0 heterocycles. The Labute approximate surface area is 65.9 Å². The summed E-state index contributed by atoms with van der Waals surface area (Å²) in [5.74, 6) is -0.806. The third-order valence-electron chi connectivity index (χ3n) is 2.21. The SMILES string of the molecule is NC=C1CCC(C(=O)O)CC1. The third kappa shape index (κ3) is 1.97. The lowest BCUT2D eigenvalue weighted by Crippen LogP contribution is -2.17. The number of nitrogens with two attached hydrogens (primary N) is 1. The Balaban J connectivity index is 2.42. The Kier molecular flexibility index (Phi) is 2.52. The molecule has 11 heavy (non-hydrogen) atoms. The van der Waals surface area contributed by atoms with E-state index in [1.54, 1.807) is 6.20 Å². The summed E-state index contributed by atoms with van der Waals surface area (Å²) in [6, 6.07) is 0. The summed E-state index contributed by atoms with van der Waals surface area (Å²) in [5.41, 5.74) is 6.51. The van der Waals surface area contributed by atoms with E-state index in [0.717, 1.165) is 25.7 Å². The van der Waals surface area contributed by atoms with Gasteiger partial charge in [-0.3, -0.25) is 4.79 Å². The highest BCUT2D eigenvalue weighted by Crippen LogP contribution is 2.27. The molecule has 3 nitrogen and oxygen atoms in total. The van der Waals surface area contributed by atoms with Crippen LogP contribution in [0.1, 0.15) is 25.7 Å². The standard InChI is InChI=1S/C8H13NO2/c9-5-6-1-3-7(4-2-6)8(10)11/h5,7H,1-4,9H2,(H,10,11). The van der Waals surface area contributed by atoms with Crippen molar-refractivity contribution in [3.8, 4) is 0 Å². The quantitative estimate of drug-likeness (QED) is 0.596. The fourth-order valence-corrected chi connectivity index (χ4v) is 1.40.